The average molecular weight is 456 g/mol. The van der Waals surface area contributed by atoms with Crippen LogP contribution in [-0.2, 0) is 4.74 Å². The lowest BCUT2D eigenvalue weighted by atomic mass is 10.0. The maximum atomic E-state index is 13.4. The number of carbonyl (C=O) groups excluding carboxylic acids is 1. The number of nitrogens with one attached hydrogen (secondary N) is 1. The topological polar surface area (TPSA) is 72.9 Å². The highest BCUT2D eigenvalue weighted by molar-refractivity contribution is 6.31. The molecule has 168 valence electrons. The molecule has 0 saturated carbocycles. The van der Waals surface area contributed by atoms with Gasteiger partial charge >= 0.3 is 0 Å². The second kappa shape index (κ2) is 9.63. The van der Waals surface area contributed by atoms with E-state index in [1.807, 2.05) is 37.3 Å². The van der Waals surface area contributed by atoms with Gasteiger partial charge < -0.3 is 24.4 Å². The number of carbonyl (C=O) groups is 1. The van der Waals surface area contributed by atoms with Gasteiger partial charge in [-0.15, -0.1) is 0 Å². The van der Waals surface area contributed by atoms with E-state index >= 15 is 0 Å². The maximum absolute atomic E-state index is 13.4. The van der Waals surface area contributed by atoms with Crippen molar-refractivity contribution >= 4 is 34.1 Å². The smallest absolute Gasteiger partial charge is 0.257 e. The maximum Gasteiger partial charge on any atom is 0.257 e. The van der Waals surface area contributed by atoms with Gasteiger partial charge in [0.15, 0.2) is 11.5 Å². The fourth-order valence-electron chi connectivity index (χ4n) is 3.84. The van der Waals surface area contributed by atoms with Gasteiger partial charge in [0.05, 0.1) is 44.2 Å². The summed E-state index contributed by atoms with van der Waals surface area (Å²) in [6.45, 7) is 4.20. The highest BCUT2D eigenvalue weighted by Crippen LogP contribution is 2.35. The van der Waals surface area contributed by atoms with E-state index in [4.69, 9.17) is 25.8 Å². The average Bonchev–Trinajstić information content (AvgIpc) is 2.83. The third kappa shape index (κ3) is 4.45. The van der Waals surface area contributed by atoms with E-state index < -0.39 is 0 Å². The Labute approximate surface area is 192 Å². The molecule has 1 aliphatic heterocycles. The fraction of sp³-hybridized carbons (Fsp3) is 0.333. The van der Waals surface area contributed by atoms with Crippen molar-refractivity contribution in [1.82, 2.24) is 9.88 Å². The number of fused-ring (bicyclic) bond motifs is 1. The van der Waals surface area contributed by atoms with Crippen LogP contribution in [0.4, 0.5) is 5.69 Å². The van der Waals surface area contributed by atoms with Gasteiger partial charge in [0.25, 0.3) is 5.91 Å². The summed E-state index contributed by atoms with van der Waals surface area (Å²) in [6, 6.07) is 11.1. The van der Waals surface area contributed by atoms with Crippen molar-refractivity contribution in [2.24, 2.45) is 0 Å². The van der Waals surface area contributed by atoms with Crippen LogP contribution in [0.2, 0.25) is 5.02 Å². The number of halogens is 1. The van der Waals surface area contributed by atoms with Crippen LogP contribution in [0.1, 0.15) is 28.9 Å². The van der Waals surface area contributed by atoms with Crippen molar-refractivity contribution in [2.45, 2.75) is 13.0 Å². The lowest BCUT2D eigenvalue weighted by Crippen LogP contribution is -2.41. The first-order valence-corrected chi connectivity index (χ1v) is 10.8. The Bertz CT molecular complexity index is 1130. The summed E-state index contributed by atoms with van der Waals surface area (Å²) in [5, 5.41) is 4.91. The van der Waals surface area contributed by atoms with E-state index in [9.17, 15) is 4.79 Å². The summed E-state index contributed by atoms with van der Waals surface area (Å²) in [4.78, 5) is 19.7. The van der Waals surface area contributed by atoms with Gasteiger partial charge in [-0.05, 0) is 42.8 Å². The predicted molar refractivity (Wildman–Crippen MR) is 125 cm³/mol. The zero-order valence-corrected chi connectivity index (χ0v) is 19.1. The predicted octanol–water partition coefficient (Wildman–Crippen LogP) is 4.55. The molecular formula is C24H26ClN3O4. The second-order valence-electron chi connectivity index (χ2n) is 7.59. The van der Waals surface area contributed by atoms with E-state index in [1.54, 1.807) is 31.4 Å². The van der Waals surface area contributed by atoms with Crippen molar-refractivity contribution in [3.05, 3.63) is 58.7 Å². The summed E-state index contributed by atoms with van der Waals surface area (Å²) >= 11 is 6.30. The van der Waals surface area contributed by atoms with Crippen molar-refractivity contribution in [2.75, 3.05) is 45.8 Å². The molecule has 1 atom stereocenters. The summed E-state index contributed by atoms with van der Waals surface area (Å²) in [5.41, 5.74) is 2.96. The first-order valence-electron chi connectivity index (χ1n) is 10.5. The van der Waals surface area contributed by atoms with E-state index in [0.29, 0.717) is 54.1 Å². The quantitative estimate of drug-likeness (QED) is 0.587. The number of hydrogen-bond acceptors (Lipinski definition) is 6. The van der Waals surface area contributed by atoms with Crippen molar-refractivity contribution < 1.29 is 19.0 Å². The molecular weight excluding hydrogens is 430 g/mol. The SMILES string of the molecule is COc1ccc([C@H](C)Nc2c(C(=O)N3CCOCC3)cnc3ccc(Cl)cc23)cc1OC. The number of pyridine rings is 1. The Kier molecular flexibility index (Phi) is 6.67. The third-order valence-electron chi connectivity index (χ3n) is 5.63. The van der Waals surface area contributed by atoms with Crippen LogP contribution in [0.15, 0.2) is 42.6 Å². The van der Waals surface area contributed by atoms with Crippen LogP contribution in [0.5, 0.6) is 11.5 Å². The second-order valence-corrected chi connectivity index (χ2v) is 8.03. The van der Waals surface area contributed by atoms with Gasteiger partial charge in [0.1, 0.15) is 0 Å². The number of amides is 1. The summed E-state index contributed by atoms with van der Waals surface area (Å²) in [7, 11) is 3.22. The van der Waals surface area contributed by atoms with Gasteiger partial charge in [-0.2, -0.15) is 0 Å². The number of nitrogens with zero attached hydrogens (tertiary/aromatic N) is 2. The number of hydrogen-bond donors (Lipinski definition) is 1. The lowest BCUT2D eigenvalue weighted by Gasteiger charge is -2.28. The molecule has 0 unspecified atom stereocenters. The number of aromatic nitrogens is 1. The number of benzene rings is 2. The van der Waals surface area contributed by atoms with Gasteiger partial charge in [0, 0.05) is 35.7 Å². The molecule has 0 aliphatic carbocycles. The Morgan fingerprint density at radius 2 is 1.88 bits per heavy atom. The minimum atomic E-state index is -0.129. The highest BCUT2D eigenvalue weighted by Gasteiger charge is 2.24. The number of ether oxygens (including phenoxy) is 3. The monoisotopic (exact) mass is 455 g/mol. The molecule has 0 radical (unpaired) electrons. The number of anilines is 1. The summed E-state index contributed by atoms with van der Waals surface area (Å²) in [6.07, 6.45) is 1.64. The molecule has 1 aliphatic rings. The number of methoxy groups -OCH3 is 2. The number of morpholine rings is 1. The molecule has 32 heavy (non-hydrogen) atoms. The molecule has 3 aromatic rings. The van der Waals surface area contributed by atoms with E-state index in [0.717, 1.165) is 16.5 Å². The summed E-state index contributed by atoms with van der Waals surface area (Å²) in [5.74, 6) is 1.23. The molecule has 2 aromatic carbocycles. The van der Waals surface area contributed by atoms with Gasteiger partial charge in [-0.3, -0.25) is 9.78 Å². The van der Waals surface area contributed by atoms with Gasteiger partial charge in [-0.1, -0.05) is 17.7 Å². The molecule has 7 nitrogen and oxygen atoms in total. The minimum Gasteiger partial charge on any atom is -0.493 e. The fourth-order valence-corrected chi connectivity index (χ4v) is 4.01. The van der Waals surface area contributed by atoms with Gasteiger partial charge in [0.2, 0.25) is 0 Å². The molecule has 0 spiro atoms. The molecule has 1 amide bonds. The number of rotatable bonds is 6. The Hall–Kier alpha value is -3.03. The molecule has 1 aromatic heterocycles. The first kappa shape index (κ1) is 22.2. The van der Waals surface area contributed by atoms with E-state index in [1.165, 1.54) is 0 Å². The first-order chi connectivity index (χ1) is 15.5. The third-order valence-corrected chi connectivity index (χ3v) is 5.86. The van der Waals surface area contributed by atoms with Crippen LogP contribution in [0.3, 0.4) is 0 Å². The van der Waals surface area contributed by atoms with Crippen molar-refractivity contribution in [1.29, 1.82) is 0 Å². The summed E-state index contributed by atoms with van der Waals surface area (Å²) < 4.78 is 16.2. The zero-order valence-electron chi connectivity index (χ0n) is 18.4. The Morgan fingerprint density at radius 1 is 1.12 bits per heavy atom. The van der Waals surface area contributed by atoms with Crippen LogP contribution in [0.25, 0.3) is 10.9 Å². The minimum absolute atomic E-state index is 0.0790. The molecule has 1 fully saturated rings. The zero-order chi connectivity index (χ0) is 22.7. The van der Waals surface area contributed by atoms with Crippen LogP contribution in [-0.4, -0.2) is 56.3 Å². The molecule has 2 heterocycles. The normalized spacial score (nSPS) is 14.8. The lowest BCUT2D eigenvalue weighted by molar-refractivity contribution is 0.0303. The van der Waals surface area contributed by atoms with E-state index in [2.05, 4.69) is 10.3 Å². The van der Waals surface area contributed by atoms with Crippen LogP contribution < -0.4 is 14.8 Å². The van der Waals surface area contributed by atoms with Crippen LogP contribution >= 0.6 is 11.6 Å². The molecule has 4 rings (SSSR count). The molecule has 8 heteroatoms. The van der Waals surface area contributed by atoms with Crippen molar-refractivity contribution in [3.8, 4) is 11.5 Å². The molecule has 0 bridgehead atoms. The van der Waals surface area contributed by atoms with Crippen LogP contribution in [0, 0.1) is 0 Å². The Morgan fingerprint density at radius 3 is 2.59 bits per heavy atom. The Balaban J connectivity index is 1.75. The van der Waals surface area contributed by atoms with Crippen molar-refractivity contribution in [3.63, 3.8) is 0 Å². The molecule has 1 N–H and O–H groups in total. The standard InChI is InChI=1S/C24H26ClN3O4/c1-15(16-4-7-21(30-2)22(12-16)31-3)27-23-18-13-17(25)5-6-20(18)26-14-19(23)24(29)28-8-10-32-11-9-28/h4-7,12-15H,8-11H2,1-3H3,(H,26,27)/t15-/m0/s1. The molecule has 1 saturated heterocycles. The largest absolute Gasteiger partial charge is 0.493 e. The van der Waals surface area contributed by atoms with Gasteiger partial charge in [-0.25, -0.2) is 0 Å². The van der Waals surface area contributed by atoms with E-state index in [-0.39, 0.29) is 11.9 Å². The highest BCUT2D eigenvalue weighted by atomic mass is 35.5.